The second kappa shape index (κ2) is 7.29. The predicted molar refractivity (Wildman–Crippen MR) is 88.4 cm³/mol. The zero-order valence-corrected chi connectivity index (χ0v) is 15.1. The SMILES string of the molecule is CN(C)S(=O)(=O)c1ccc(F)c(C(=O)OCc2nnc(-c3ccco3)o2)c1. The number of benzene rings is 1. The number of carbonyl (C=O) groups is 1. The number of sulfonamides is 1. The molecule has 0 unspecified atom stereocenters. The third-order valence-corrected chi connectivity index (χ3v) is 5.27. The molecule has 9 nitrogen and oxygen atoms in total. The van der Waals surface area contributed by atoms with Crippen molar-refractivity contribution in [1.29, 1.82) is 0 Å². The number of esters is 1. The number of rotatable bonds is 6. The average molecular weight is 395 g/mol. The van der Waals surface area contributed by atoms with Crippen molar-refractivity contribution in [2.24, 2.45) is 0 Å². The number of aromatic nitrogens is 2. The molecule has 0 bridgehead atoms. The minimum Gasteiger partial charge on any atom is -0.459 e. The Labute approximate surface area is 153 Å². The lowest BCUT2D eigenvalue weighted by molar-refractivity contribution is 0.0433. The second-order valence-electron chi connectivity index (χ2n) is 5.48. The van der Waals surface area contributed by atoms with Gasteiger partial charge in [-0.25, -0.2) is 21.9 Å². The lowest BCUT2D eigenvalue weighted by atomic mass is 10.2. The van der Waals surface area contributed by atoms with Crippen LogP contribution in [0.1, 0.15) is 16.2 Å². The van der Waals surface area contributed by atoms with Gasteiger partial charge in [0, 0.05) is 14.1 Å². The minimum atomic E-state index is -3.83. The van der Waals surface area contributed by atoms with Gasteiger partial charge in [-0.2, -0.15) is 0 Å². The zero-order chi connectivity index (χ0) is 19.6. The number of hydrogen-bond acceptors (Lipinski definition) is 8. The van der Waals surface area contributed by atoms with Gasteiger partial charge in [0.05, 0.1) is 16.7 Å². The molecule has 0 saturated carbocycles. The van der Waals surface area contributed by atoms with E-state index in [0.29, 0.717) is 5.76 Å². The molecule has 0 aliphatic carbocycles. The lowest BCUT2D eigenvalue weighted by Crippen LogP contribution is -2.22. The van der Waals surface area contributed by atoms with Crippen molar-refractivity contribution in [3.05, 3.63) is 53.9 Å². The summed E-state index contributed by atoms with van der Waals surface area (Å²) in [5.41, 5.74) is -0.524. The largest absolute Gasteiger partial charge is 0.459 e. The maximum absolute atomic E-state index is 14.0. The number of carbonyl (C=O) groups excluding carboxylic acids is 1. The second-order valence-corrected chi connectivity index (χ2v) is 7.64. The summed E-state index contributed by atoms with van der Waals surface area (Å²) in [6.07, 6.45) is 1.43. The Morgan fingerprint density at radius 3 is 2.70 bits per heavy atom. The highest BCUT2D eigenvalue weighted by Crippen LogP contribution is 2.20. The van der Waals surface area contributed by atoms with Gasteiger partial charge < -0.3 is 13.6 Å². The highest BCUT2D eigenvalue weighted by molar-refractivity contribution is 7.89. The van der Waals surface area contributed by atoms with Crippen LogP contribution in [0.15, 0.2) is 50.3 Å². The number of nitrogens with zero attached hydrogens (tertiary/aromatic N) is 3. The molecule has 0 aliphatic heterocycles. The highest BCUT2D eigenvalue weighted by Gasteiger charge is 2.22. The van der Waals surface area contributed by atoms with E-state index in [0.717, 1.165) is 22.5 Å². The van der Waals surface area contributed by atoms with Crippen LogP contribution in [0.3, 0.4) is 0 Å². The van der Waals surface area contributed by atoms with Gasteiger partial charge in [0.1, 0.15) is 5.82 Å². The molecule has 0 radical (unpaired) electrons. The van der Waals surface area contributed by atoms with Crippen LogP contribution in [0.5, 0.6) is 0 Å². The van der Waals surface area contributed by atoms with Crippen LogP contribution in [0.25, 0.3) is 11.7 Å². The molecular formula is C16H14FN3O6S. The molecule has 11 heteroatoms. The van der Waals surface area contributed by atoms with Crippen molar-refractivity contribution in [2.45, 2.75) is 11.5 Å². The Kier molecular flexibility index (Phi) is 5.06. The van der Waals surface area contributed by atoms with Crippen LogP contribution in [-0.2, 0) is 21.4 Å². The molecule has 2 aromatic heterocycles. The van der Waals surface area contributed by atoms with E-state index in [-0.39, 0.29) is 16.7 Å². The first-order valence-electron chi connectivity index (χ1n) is 7.54. The van der Waals surface area contributed by atoms with Crippen LogP contribution in [0, 0.1) is 5.82 Å². The van der Waals surface area contributed by atoms with E-state index in [1.807, 2.05) is 0 Å². The molecule has 0 spiro atoms. The first kappa shape index (κ1) is 18.7. The Morgan fingerprint density at radius 2 is 2.04 bits per heavy atom. The summed E-state index contributed by atoms with van der Waals surface area (Å²) < 4.78 is 54.4. The molecule has 0 N–H and O–H groups in total. The molecule has 0 atom stereocenters. The molecule has 1 aromatic carbocycles. The standard InChI is InChI=1S/C16H14FN3O6S/c1-20(2)27(22,23)10-5-6-12(17)11(8-10)16(21)25-9-14-18-19-15(26-14)13-4-3-7-24-13/h3-8H,9H2,1-2H3. The normalized spacial score (nSPS) is 11.7. The highest BCUT2D eigenvalue weighted by atomic mass is 32.2. The van der Waals surface area contributed by atoms with Gasteiger partial charge >= 0.3 is 5.97 Å². The van der Waals surface area contributed by atoms with Crippen molar-refractivity contribution < 1.29 is 31.2 Å². The lowest BCUT2D eigenvalue weighted by Gasteiger charge is -2.12. The van der Waals surface area contributed by atoms with Gasteiger partial charge in [0.15, 0.2) is 12.4 Å². The van der Waals surface area contributed by atoms with Gasteiger partial charge in [-0.15, -0.1) is 10.2 Å². The average Bonchev–Trinajstić information content (AvgIpc) is 3.31. The molecule has 3 rings (SSSR count). The van der Waals surface area contributed by atoms with E-state index < -0.39 is 34.0 Å². The van der Waals surface area contributed by atoms with Crippen LogP contribution in [0.2, 0.25) is 0 Å². The molecule has 142 valence electrons. The summed E-state index contributed by atoms with van der Waals surface area (Å²) in [7, 11) is -1.19. The van der Waals surface area contributed by atoms with Gasteiger partial charge in [-0.3, -0.25) is 0 Å². The summed E-state index contributed by atoms with van der Waals surface area (Å²) in [4.78, 5) is 11.9. The van der Waals surface area contributed by atoms with Crippen molar-refractivity contribution >= 4 is 16.0 Å². The van der Waals surface area contributed by atoms with Gasteiger partial charge in [0.25, 0.3) is 11.8 Å². The molecule has 0 saturated heterocycles. The molecule has 0 amide bonds. The van der Waals surface area contributed by atoms with E-state index in [2.05, 4.69) is 10.2 Å². The van der Waals surface area contributed by atoms with E-state index >= 15 is 0 Å². The zero-order valence-electron chi connectivity index (χ0n) is 14.2. The minimum absolute atomic E-state index is 0.0350. The fraction of sp³-hybridized carbons (Fsp3) is 0.188. The Hall–Kier alpha value is -3.05. The first-order chi connectivity index (χ1) is 12.8. The van der Waals surface area contributed by atoms with Crippen LogP contribution in [0.4, 0.5) is 4.39 Å². The number of hydrogen-bond donors (Lipinski definition) is 0. The third kappa shape index (κ3) is 3.88. The number of furan rings is 1. The van der Waals surface area contributed by atoms with Gasteiger partial charge in [-0.1, -0.05) is 0 Å². The Morgan fingerprint density at radius 1 is 1.26 bits per heavy atom. The monoisotopic (exact) mass is 395 g/mol. The van der Waals surface area contributed by atoms with Crippen LogP contribution in [-0.4, -0.2) is 43.0 Å². The maximum atomic E-state index is 14.0. The van der Waals surface area contributed by atoms with Gasteiger partial charge in [0.2, 0.25) is 10.0 Å². The number of ether oxygens (including phenoxy) is 1. The third-order valence-electron chi connectivity index (χ3n) is 3.46. The smallest absolute Gasteiger partial charge is 0.341 e. The molecule has 0 fully saturated rings. The van der Waals surface area contributed by atoms with Crippen molar-refractivity contribution in [3.63, 3.8) is 0 Å². The van der Waals surface area contributed by atoms with Crippen molar-refractivity contribution in [2.75, 3.05) is 14.1 Å². The number of halogens is 1. The Bertz CT molecular complexity index is 1060. The van der Waals surface area contributed by atoms with Crippen LogP contribution >= 0.6 is 0 Å². The first-order valence-corrected chi connectivity index (χ1v) is 8.98. The quantitative estimate of drug-likeness (QED) is 0.583. The summed E-state index contributed by atoms with van der Waals surface area (Å²) >= 11 is 0. The summed E-state index contributed by atoms with van der Waals surface area (Å²) in [6.45, 7) is -0.420. The summed E-state index contributed by atoms with van der Waals surface area (Å²) in [5, 5.41) is 7.42. The molecule has 3 aromatic rings. The van der Waals surface area contributed by atoms with E-state index in [9.17, 15) is 17.6 Å². The van der Waals surface area contributed by atoms with Gasteiger partial charge in [-0.05, 0) is 30.3 Å². The predicted octanol–water partition coefficient (Wildman–Crippen LogP) is 2.08. The molecule has 2 heterocycles. The molecule has 27 heavy (non-hydrogen) atoms. The maximum Gasteiger partial charge on any atom is 0.341 e. The topological polar surface area (TPSA) is 116 Å². The van der Waals surface area contributed by atoms with Crippen molar-refractivity contribution in [3.8, 4) is 11.7 Å². The van der Waals surface area contributed by atoms with E-state index in [4.69, 9.17) is 13.6 Å². The fourth-order valence-corrected chi connectivity index (χ4v) is 2.98. The summed E-state index contributed by atoms with van der Waals surface area (Å²) in [5.74, 6) is -1.59. The van der Waals surface area contributed by atoms with Crippen LogP contribution < -0.4 is 0 Å². The molecule has 0 aliphatic rings. The van der Waals surface area contributed by atoms with Crippen molar-refractivity contribution in [1.82, 2.24) is 14.5 Å². The van der Waals surface area contributed by atoms with E-state index in [1.54, 1.807) is 12.1 Å². The Balaban J connectivity index is 1.75. The molecular weight excluding hydrogens is 381 g/mol. The summed E-state index contributed by atoms with van der Waals surface area (Å²) in [6, 6.07) is 6.10. The fourth-order valence-electron chi connectivity index (χ4n) is 2.05. The van der Waals surface area contributed by atoms with E-state index in [1.165, 1.54) is 20.4 Å².